The Bertz CT molecular complexity index is 440. The van der Waals surface area contributed by atoms with Crippen LogP contribution in [0.1, 0.15) is 33.3 Å². The molecule has 0 fully saturated rings. The molecule has 20 heavy (non-hydrogen) atoms. The third kappa shape index (κ3) is 3.73. The van der Waals surface area contributed by atoms with Crippen LogP contribution in [0.5, 0.6) is 0 Å². The molecule has 0 aliphatic rings. The summed E-state index contributed by atoms with van der Waals surface area (Å²) in [6.07, 6.45) is 0. The maximum atomic E-state index is 12.3. The molecule has 0 spiro atoms. The van der Waals surface area contributed by atoms with Crippen molar-refractivity contribution in [1.82, 2.24) is 5.32 Å². The van der Waals surface area contributed by atoms with Gasteiger partial charge in [0, 0.05) is 25.8 Å². The second-order valence-electron chi connectivity index (χ2n) is 5.59. The van der Waals surface area contributed by atoms with E-state index in [4.69, 9.17) is 4.74 Å². The van der Waals surface area contributed by atoms with Crippen molar-refractivity contribution in [2.45, 2.75) is 39.3 Å². The SMILES string of the molecule is CCOC(=O)C(C)(NC(C)C)c1ccc(N(C)C)cc1. The second-order valence-corrected chi connectivity index (χ2v) is 5.59. The first-order chi connectivity index (χ1) is 9.31. The Morgan fingerprint density at radius 2 is 1.85 bits per heavy atom. The number of nitrogens with one attached hydrogen (secondary N) is 1. The molecule has 1 aromatic rings. The average molecular weight is 278 g/mol. The molecule has 0 aromatic heterocycles. The van der Waals surface area contributed by atoms with Crippen LogP contribution in [-0.2, 0) is 15.1 Å². The van der Waals surface area contributed by atoms with E-state index in [1.165, 1.54) is 0 Å². The van der Waals surface area contributed by atoms with E-state index in [9.17, 15) is 4.79 Å². The van der Waals surface area contributed by atoms with Gasteiger partial charge in [-0.25, -0.2) is 4.79 Å². The molecule has 1 rings (SSSR count). The minimum atomic E-state index is -0.824. The van der Waals surface area contributed by atoms with Gasteiger partial charge < -0.3 is 9.64 Å². The smallest absolute Gasteiger partial charge is 0.330 e. The Morgan fingerprint density at radius 3 is 2.25 bits per heavy atom. The van der Waals surface area contributed by atoms with Crippen molar-refractivity contribution < 1.29 is 9.53 Å². The molecule has 4 heteroatoms. The molecular weight excluding hydrogens is 252 g/mol. The molecule has 1 atom stereocenters. The van der Waals surface area contributed by atoms with Crippen molar-refractivity contribution in [2.75, 3.05) is 25.6 Å². The van der Waals surface area contributed by atoms with Crippen LogP contribution >= 0.6 is 0 Å². The largest absolute Gasteiger partial charge is 0.464 e. The van der Waals surface area contributed by atoms with E-state index in [-0.39, 0.29) is 12.0 Å². The van der Waals surface area contributed by atoms with Gasteiger partial charge in [-0.3, -0.25) is 5.32 Å². The van der Waals surface area contributed by atoms with Crippen molar-refractivity contribution in [3.8, 4) is 0 Å². The van der Waals surface area contributed by atoms with Crippen LogP contribution in [0.4, 0.5) is 5.69 Å². The lowest BCUT2D eigenvalue weighted by Gasteiger charge is -2.31. The number of benzene rings is 1. The minimum Gasteiger partial charge on any atom is -0.464 e. The van der Waals surface area contributed by atoms with E-state index in [1.54, 1.807) is 0 Å². The highest BCUT2D eigenvalue weighted by Crippen LogP contribution is 2.25. The summed E-state index contributed by atoms with van der Waals surface area (Å²) in [6, 6.07) is 8.14. The standard InChI is InChI=1S/C16H26N2O2/c1-7-20-15(19)16(4,17-12(2)3)13-8-10-14(11-9-13)18(5)6/h8-12,17H,7H2,1-6H3. The summed E-state index contributed by atoms with van der Waals surface area (Å²) >= 11 is 0. The molecule has 0 heterocycles. The highest BCUT2D eigenvalue weighted by Gasteiger charge is 2.37. The van der Waals surface area contributed by atoms with Crippen LogP contribution in [0.25, 0.3) is 0 Å². The summed E-state index contributed by atoms with van der Waals surface area (Å²) in [6.45, 7) is 8.11. The fraction of sp³-hybridized carbons (Fsp3) is 0.562. The third-order valence-corrected chi connectivity index (χ3v) is 3.22. The third-order valence-electron chi connectivity index (χ3n) is 3.22. The second kappa shape index (κ2) is 6.75. The molecule has 112 valence electrons. The van der Waals surface area contributed by atoms with Gasteiger partial charge in [0.05, 0.1) is 6.61 Å². The van der Waals surface area contributed by atoms with Gasteiger partial charge >= 0.3 is 5.97 Å². The quantitative estimate of drug-likeness (QED) is 0.812. The zero-order chi connectivity index (χ0) is 15.3. The topological polar surface area (TPSA) is 41.6 Å². The molecule has 1 unspecified atom stereocenters. The Labute approximate surface area is 122 Å². The Balaban J connectivity index is 3.12. The van der Waals surface area contributed by atoms with Crippen LogP contribution in [0, 0.1) is 0 Å². The lowest BCUT2D eigenvalue weighted by Crippen LogP contribution is -2.50. The Hall–Kier alpha value is -1.55. The summed E-state index contributed by atoms with van der Waals surface area (Å²) in [5.74, 6) is -0.244. The van der Waals surface area contributed by atoms with E-state index in [0.717, 1.165) is 11.3 Å². The molecule has 0 aliphatic carbocycles. The first-order valence-corrected chi connectivity index (χ1v) is 7.04. The van der Waals surface area contributed by atoms with Crippen molar-refractivity contribution in [3.05, 3.63) is 29.8 Å². The van der Waals surface area contributed by atoms with E-state index in [0.29, 0.717) is 6.61 Å². The van der Waals surface area contributed by atoms with E-state index in [2.05, 4.69) is 5.32 Å². The van der Waals surface area contributed by atoms with Crippen LogP contribution in [0.2, 0.25) is 0 Å². The zero-order valence-corrected chi connectivity index (χ0v) is 13.4. The van der Waals surface area contributed by atoms with E-state index in [1.807, 2.05) is 71.0 Å². The molecule has 1 aromatic carbocycles. The number of esters is 1. The van der Waals surface area contributed by atoms with Crippen LogP contribution in [-0.4, -0.2) is 32.7 Å². The molecule has 0 saturated heterocycles. The zero-order valence-electron chi connectivity index (χ0n) is 13.4. The average Bonchev–Trinajstić information content (AvgIpc) is 2.38. The number of nitrogens with zero attached hydrogens (tertiary/aromatic N) is 1. The molecule has 1 N–H and O–H groups in total. The Kier molecular flexibility index (Phi) is 5.57. The molecule has 4 nitrogen and oxygen atoms in total. The number of carbonyl (C=O) groups is 1. The monoisotopic (exact) mass is 278 g/mol. The van der Waals surface area contributed by atoms with Gasteiger partial charge in [0.1, 0.15) is 5.54 Å². The lowest BCUT2D eigenvalue weighted by atomic mass is 9.91. The summed E-state index contributed by atoms with van der Waals surface area (Å²) in [4.78, 5) is 14.4. The number of hydrogen-bond acceptors (Lipinski definition) is 4. The van der Waals surface area contributed by atoms with Gasteiger partial charge in [-0.1, -0.05) is 12.1 Å². The maximum absolute atomic E-state index is 12.3. The number of hydrogen-bond donors (Lipinski definition) is 1. The van der Waals surface area contributed by atoms with E-state index >= 15 is 0 Å². The number of rotatable bonds is 6. The van der Waals surface area contributed by atoms with Crippen molar-refractivity contribution >= 4 is 11.7 Å². The molecule has 0 bridgehead atoms. The number of carbonyl (C=O) groups excluding carboxylic acids is 1. The van der Waals surface area contributed by atoms with Gasteiger partial charge in [-0.05, 0) is 45.4 Å². The van der Waals surface area contributed by atoms with Gasteiger partial charge in [0.25, 0.3) is 0 Å². The number of anilines is 1. The summed E-state index contributed by atoms with van der Waals surface area (Å²) in [5.41, 5.74) is 1.19. The van der Waals surface area contributed by atoms with Crippen LogP contribution < -0.4 is 10.2 Å². The highest BCUT2D eigenvalue weighted by atomic mass is 16.5. The number of ether oxygens (including phenoxy) is 1. The predicted molar refractivity (Wildman–Crippen MR) is 83.0 cm³/mol. The summed E-state index contributed by atoms with van der Waals surface area (Å²) in [5, 5.41) is 3.32. The Morgan fingerprint density at radius 1 is 1.30 bits per heavy atom. The molecular formula is C16H26N2O2. The summed E-state index contributed by atoms with van der Waals surface area (Å²) in [7, 11) is 3.98. The van der Waals surface area contributed by atoms with E-state index < -0.39 is 5.54 Å². The van der Waals surface area contributed by atoms with Gasteiger partial charge in [-0.15, -0.1) is 0 Å². The normalized spacial score (nSPS) is 13.9. The molecule has 0 saturated carbocycles. The van der Waals surface area contributed by atoms with Gasteiger partial charge in [0.15, 0.2) is 0 Å². The van der Waals surface area contributed by atoms with Crippen molar-refractivity contribution in [2.24, 2.45) is 0 Å². The van der Waals surface area contributed by atoms with Gasteiger partial charge in [-0.2, -0.15) is 0 Å². The first-order valence-electron chi connectivity index (χ1n) is 7.04. The van der Waals surface area contributed by atoms with Crippen LogP contribution in [0.3, 0.4) is 0 Å². The predicted octanol–water partition coefficient (Wildman–Crippen LogP) is 2.53. The maximum Gasteiger partial charge on any atom is 0.330 e. The molecule has 0 aliphatic heterocycles. The van der Waals surface area contributed by atoms with Crippen molar-refractivity contribution in [3.63, 3.8) is 0 Å². The fourth-order valence-electron chi connectivity index (χ4n) is 2.21. The minimum absolute atomic E-state index is 0.179. The lowest BCUT2D eigenvalue weighted by molar-refractivity contribution is -0.151. The summed E-state index contributed by atoms with van der Waals surface area (Å²) < 4.78 is 5.23. The fourth-order valence-corrected chi connectivity index (χ4v) is 2.21. The molecule has 0 amide bonds. The van der Waals surface area contributed by atoms with Crippen LogP contribution in [0.15, 0.2) is 24.3 Å². The first kappa shape index (κ1) is 16.5. The highest BCUT2D eigenvalue weighted by molar-refractivity contribution is 5.82. The van der Waals surface area contributed by atoms with Gasteiger partial charge in [0.2, 0.25) is 0 Å². The molecule has 0 radical (unpaired) electrons. The van der Waals surface area contributed by atoms with Crippen molar-refractivity contribution in [1.29, 1.82) is 0 Å².